The Kier molecular flexibility index (Phi) is 3.09. The van der Waals surface area contributed by atoms with Crippen LogP contribution in [0.1, 0.15) is 10.5 Å². The second kappa shape index (κ2) is 4.58. The van der Waals surface area contributed by atoms with Crippen molar-refractivity contribution in [2.75, 3.05) is 0 Å². The smallest absolute Gasteiger partial charge is 0.360 e. The molecule has 0 bridgehead atoms. The number of hydrogen-bond acceptors (Lipinski definition) is 5. The summed E-state index contributed by atoms with van der Waals surface area (Å²) in [5.74, 6) is -1.98. The molecule has 0 aliphatic heterocycles. The molecule has 2 N–H and O–H groups in total. The molecule has 2 aromatic rings. The van der Waals surface area contributed by atoms with Gasteiger partial charge in [0.1, 0.15) is 0 Å². The fraction of sp³-hybridized carbons (Fsp3) is 0. The summed E-state index contributed by atoms with van der Waals surface area (Å²) in [7, 11) is 0. The molecule has 0 aliphatic rings. The summed E-state index contributed by atoms with van der Waals surface area (Å²) < 4.78 is 0.966. The molecular formula is C10H6ClN3O5. The highest BCUT2D eigenvalue weighted by Gasteiger charge is 2.18. The lowest BCUT2D eigenvalue weighted by Crippen LogP contribution is -2.02. The van der Waals surface area contributed by atoms with E-state index in [4.69, 9.17) is 16.7 Å². The molecule has 0 radical (unpaired) electrons. The van der Waals surface area contributed by atoms with E-state index in [0.717, 1.165) is 16.9 Å². The lowest BCUT2D eigenvalue weighted by molar-refractivity contribution is -0.384. The van der Waals surface area contributed by atoms with Crippen LogP contribution in [0, 0.1) is 10.1 Å². The van der Waals surface area contributed by atoms with E-state index in [1.807, 2.05) is 0 Å². The summed E-state index contributed by atoms with van der Waals surface area (Å²) in [5, 5.41) is 32.5. The largest absolute Gasteiger partial charge is 0.504 e. The lowest BCUT2D eigenvalue weighted by Gasteiger charge is -2.03. The molecule has 1 heterocycles. The number of benzene rings is 1. The molecule has 98 valence electrons. The number of halogens is 1. The van der Waals surface area contributed by atoms with Crippen molar-refractivity contribution >= 4 is 23.3 Å². The van der Waals surface area contributed by atoms with Crippen molar-refractivity contribution in [3.8, 4) is 11.4 Å². The number of nitro benzene ring substituents is 1. The number of aromatic nitrogens is 2. The Morgan fingerprint density at radius 1 is 1.47 bits per heavy atom. The number of carboxylic acid groups (broad SMARTS) is 1. The second-order valence-corrected chi connectivity index (χ2v) is 3.91. The summed E-state index contributed by atoms with van der Waals surface area (Å²) in [6, 6.07) is 3.61. The quantitative estimate of drug-likeness (QED) is 0.655. The fourth-order valence-electron chi connectivity index (χ4n) is 1.43. The Morgan fingerprint density at radius 2 is 2.16 bits per heavy atom. The Morgan fingerprint density at radius 3 is 2.68 bits per heavy atom. The average molecular weight is 284 g/mol. The number of aromatic hydroxyl groups is 1. The first-order valence-electron chi connectivity index (χ1n) is 4.86. The van der Waals surface area contributed by atoms with E-state index in [9.17, 15) is 20.0 Å². The average Bonchev–Trinajstić information content (AvgIpc) is 2.71. The molecule has 0 fully saturated rings. The van der Waals surface area contributed by atoms with Gasteiger partial charge in [0.2, 0.25) is 5.69 Å². The third-order valence-corrected chi connectivity index (χ3v) is 2.60. The summed E-state index contributed by atoms with van der Waals surface area (Å²) in [5.41, 5.74) is -0.701. The fourth-order valence-corrected chi connectivity index (χ4v) is 1.63. The molecule has 0 amide bonds. The lowest BCUT2D eigenvalue weighted by atomic mass is 10.3. The first-order chi connectivity index (χ1) is 8.90. The van der Waals surface area contributed by atoms with Crippen molar-refractivity contribution in [1.82, 2.24) is 9.78 Å². The SMILES string of the molecule is O=C(O)c1nn(-c2cc([N+](=O)[O-])ccc2Cl)cc1O. The van der Waals surface area contributed by atoms with Gasteiger partial charge in [0.15, 0.2) is 5.75 Å². The minimum absolute atomic E-state index is 0.0960. The van der Waals surface area contributed by atoms with Gasteiger partial charge in [0.25, 0.3) is 5.69 Å². The van der Waals surface area contributed by atoms with E-state index in [1.165, 1.54) is 12.1 Å². The third-order valence-electron chi connectivity index (χ3n) is 2.28. The van der Waals surface area contributed by atoms with Crippen molar-refractivity contribution < 1.29 is 19.9 Å². The van der Waals surface area contributed by atoms with Crippen LogP contribution in [0.15, 0.2) is 24.4 Å². The van der Waals surface area contributed by atoms with Gasteiger partial charge in [0.05, 0.1) is 21.8 Å². The summed E-state index contributed by atoms with van der Waals surface area (Å²) in [6.45, 7) is 0. The molecule has 0 spiro atoms. The molecule has 0 unspecified atom stereocenters. The van der Waals surface area contributed by atoms with Crippen LogP contribution in [0.4, 0.5) is 5.69 Å². The summed E-state index contributed by atoms with van der Waals surface area (Å²) in [6.07, 6.45) is 1.01. The Hall–Kier alpha value is -2.61. The maximum absolute atomic E-state index is 10.7. The van der Waals surface area contributed by atoms with Crippen LogP contribution in [-0.2, 0) is 0 Å². The maximum Gasteiger partial charge on any atom is 0.360 e. The van der Waals surface area contributed by atoms with Gasteiger partial charge < -0.3 is 10.2 Å². The number of carbonyl (C=O) groups is 1. The van der Waals surface area contributed by atoms with Crippen molar-refractivity contribution in [1.29, 1.82) is 0 Å². The van der Waals surface area contributed by atoms with Gasteiger partial charge in [-0.2, -0.15) is 5.10 Å². The minimum Gasteiger partial charge on any atom is -0.504 e. The molecule has 8 nitrogen and oxygen atoms in total. The number of aromatic carboxylic acids is 1. The van der Waals surface area contributed by atoms with Crippen molar-refractivity contribution in [3.05, 3.63) is 45.2 Å². The maximum atomic E-state index is 10.7. The van der Waals surface area contributed by atoms with Crippen LogP contribution in [0.5, 0.6) is 5.75 Å². The summed E-state index contributed by atoms with van der Waals surface area (Å²) >= 11 is 5.86. The monoisotopic (exact) mass is 283 g/mol. The van der Waals surface area contributed by atoms with Gasteiger partial charge in [-0.05, 0) is 6.07 Å². The first-order valence-corrected chi connectivity index (χ1v) is 5.24. The zero-order chi connectivity index (χ0) is 14.2. The highest BCUT2D eigenvalue weighted by molar-refractivity contribution is 6.32. The zero-order valence-electron chi connectivity index (χ0n) is 9.15. The van der Waals surface area contributed by atoms with Gasteiger partial charge in [-0.3, -0.25) is 10.1 Å². The Balaban J connectivity index is 2.58. The number of non-ortho nitro benzene ring substituents is 1. The summed E-state index contributed by atoms with van der Waals surface area (Å²) in [4.78, 5) is 20.8. The normalized spacial score (nSPS) is 10.4. The Labute approximate surface area is 110 Å². The number of hydrogen-bond donors (Lipinski definition) is 2. The highest BCUT2D eigenvalue weighted by atomic mass is 35.5. The van der Waals surface area contributed by atoms with Crippen molar-refractivity contribution in [3.63, 3.8) is 0 Å². The zero-order valence-corrected chi connectivity index (χ0v) is 9.90. The van der Waals surface area contributed by atoms with E-state index in [1.54, 1.807) is 0 Å². The van der Waals surface area contributed by atoms with Crippen LogP contribution in [-0.4, -0.2) is 30.9 Å². The standard InChI is InChI=1S/C10H6ClN3O5/c11-6-2-1-5(14(18)19)3-7(6)13-4-8(15)9(12-13)10(16)17/h1-4,15H,(H,16,17). The first kappa shape index (κ1) is 12.8. The second-order valence-electron chi connectivity index (χ2n) is 3.51. The van der Waals surface area contributed by atoms with Crippen molar-refractivity contribution in [2.24, 2.45) is 0 Å². The predicted molar refractivity (Wildman–Crippen MR) is 63.9 cm³/mol. The molecule has 1 aromatic carbocycles. The van der Waals surface area contributed by atoms with Gasteiger partial charge in [-0.15, -0.1) is 0 Å². The topological polar surface area (TPSA) is 118 Å². The molecule has 9 heteroatoms. The van der Waals surface area contributed by atoms with Crippen molar-refractivity contribution in [2.45, 2.75) is 0 Å². The van der Waals surface area contributed by atoms with Gasteiger partial charge in [-0.1, -0.05) is 11.6 Å². The molecular weight excluding hydrogens is 278 g/mol. The molecule has 0 atom stereocenters. The van der Waals surface area contributed by atoms with Gasteiger partial charge in [-0.25, -0.2) is 9.48 Å². The van der Waals surface area contributed by atoms with E-state index in [0.29, 0.717) is 0 Å². The van der Waals surface area contributed by atoms with Crippen LogP contribution in [0.2, 0.25) is 5.02 Å². The number of rotatable bonds is 3. The molecule has 0 aliphatic carbocycles. The van der Waals surface area contributed by atoms with E-state index < -0.39 is 22.3 Å². The number of nitrogens with zero attached hydrogens (tertiary/aromatic N) is 3. The van der Waals surface area contributed by atoms with E-state index in [-0.39, 0.29) is 16.4 Å². The predicted octanol–water partition coefficient (Wildman–Crippen LogP) is 1.84. The van der Waals surface area contributed by atoms with E-state index in [2.05, 4.69) is 5.10 Å². The van der Waals surface area contributed by atoms with Crippen LogP contribution in [0.25, 0.3) is 5.69 Å². The van der Waals surface area contributed by atoms with E-state index >= 15 is 0 Å². The molecule has 2 rings (SSSR count). The number of nitro groups is 1. The third kappa shape index (κ3) is 2.33. The van der Waals surface area contributed by atoms with Gasteiger partial charge >= 0.3 is 5.97 Å². The minimum atomic E-state index is -1.42. The molecule has 0 saturated carbocycles. The van der Waals surface area contributed by atoms with Crippen LogP contribution >= 0.6 is 11.6 Å². The van der Waals surface area contributed by atoms with Crippen LogP contribution in [0.3, 0.4) is 0 Å². The Bertz CT molecular complexity index is 682. The van der Waals surface area contributed by atoms with Crippen LogP contribution < -0.4 is 0 Å². The number of carboxylic acids is 1. The van der Waals surface area contributed by atoms with Gasteiger partial charge in [0, 0.05) is 12.1 Å². The molecule has 0 saturated heterocycles. The molecule has 19 heavy (non-hydrogen) atoms. The molecule has 1 aromatic heterocycles. The highest BCUT2D eigenvalue weighted by Crippen LogP contribution is 2.27.